The number of para-hydroxylation sites is 1. The van der Waals surface area contributed by atoms with E-state index in [1.165, 1.54) is 0 Å². The summed E-state index contributed by atoms with van der Waals surface area (Å²) in [5.74, 6) is 0.143. The molecule has 0 saturated heterocycles. The number of ether oxygens (including phenoxy) is 1. The molecule has 1 amide bonds. The molecule has 0 aliphatic heterocycles. The second kappa shape index (κ2) is 8.01. The predicted molar refractivity (Wildman–Crippen MR) is 102 cm³/mol. The molecule has 0 unspecified atom stereocenters. The molecule has 0 bridgehead atoms. The van der Waals surface area contributed by atoms with Crippen molar-refractivity contribution in [2.75, 3.05) is 13.7 Å². The molecule has 140 valence electrons. The van der Waals surface area contributed by atoms with Gasteiger partial charge in [0.2, 0.25) is 5.43 Å². The summed E-state index contributed by atoms with van der Waals surface area (Å²) in [4.78, 5) is 25.1. The van der Waals surface area contributed by atoms with E-state index in [0.29, 0.717) is 17.4 Å². The first-order valence-corrected chi connectivity index (χ1v) is 8.58. The summed E-state index contributed by atoms with van der Waals surface area (Å²) in [5.41, 5.74) is 0.973. The predicted octanol–water partition coefficient (Wildman–Crippen LogP) is 1.56. The Bertz CT molecular complexity index is 1010. The summed E-state index contributed by atoms with van der Waals surface area (Å²) in [6.07, 6.45) is -0.712. The maximum atomic E-state index is 12.7. The molecule has 0 radical (unpaired) electrons. The van der Waals surface area contributed by atoms with Crippen LogP contribution < -0.4 is 15.5 Å². The van der Waals surface area contributed by atoms with Crippen LogP contribution >= 0.6 is 0 Å². The first kappa shape index (κ1) is 18.6. The normalized spacial score (nSPS) is 12.0. The van der Waals surface area contributed by atoms with E-state index in [1.54, 1.807) is 36.9 Å². The van der Waals surface area contributed by atoms with Crippen molar-refractivity contribution in [3.05, 3.63) is 70.0 Å². The third-order valence-corrected chi connectivity index (χ3v) is 4.13. The number of hydrogen-bond acceptors (Lipinski definition) is 5. The molecule has 0 fully saturated rings. The molecular weight excluding hydrogens is 346 g/mol. The van der Waals surface area contributed by atoms with Crippen molar-refractivity contribution in [3.8, 4) is 5.75 Å². The molecule has 0 aliphatic carbocycles. The van der Waals surface area contributed by atoms with Gasteiger partial charge in [-0.15, -0.1) is 0 Å². The Morgan fingerprint density at radius 3 is 2.59 bits per heavy atom. The van der Waals surface area contributed by atoms with Gasteiger partial charge in [-0.3, -0.25) is 14.3 Å². The van der Waals surface area contributed by atoms with Gasteiger partial charge in [-0.05, 0) is 36.8 Å². The van der Waals surface area contributed by atoms with Crippen LogP contribution in [-0.2, 0) is 6.54 Å². The third kappa shape index (κ3) is 4.15. The molecule has 2 aromatic carbocycles. The number of hydrogen-bond donors (Lipinski definition) is 2. The Morgan fingerprint density at radius 2 is 1.93 bits per heavy atom. The monoisotopic (exact) mass is 367 g/mol. The maximum Gasteiger partial charge on any atom is 0.275 e. The Labute approximate surface area is 156 Å². The molecule has 0 saturated carbocycles. The largest absolute Gasteiger partial charge is 0.497 e. The van der Waals surface area contributed by atoms with E-state index in [0.717, 1.165) is 11.3 Å². The summed E-state index contributed by atoms with van der Waals surface area (Å²) in [6.45, 7) is 1.99. The number of carbonyl (C=O) groups is 1. The molecule has 7 heteroatoms. The lowest BCUT2D eigenvalue weighted by Gasteiger charge is -2.13. The van der Waals surface area contributed by atoms with E-state index in [2.05, 4.69) is 10.4 Å². The van der Waals surface area contributed by atoms with Gasteiger partial charge in [0.1, 0.15) is 5.75 Å². The van der Waals surface area contributed by atoms with Crippen LogP contribution in [0, 0.1) is 0 Å². The molecular formula is C20H21N3O4. The number of methoxy groups -OCH3 is 1. The van der Waals surface area contributed by atoms with Crippen molar-refractivity contribution in [1.29, 1.82) is 0 Å². The quantitative estimate of drug-likeness (QED) is 0.690. The number of aromatic nitrogens is 2. The Hall–Kier alpha value is -3.19. The molecule has 27 heavy (non-hydrogen) atoms. The van der Waals surface area contributed by atoms with E-state index in [-0.39, 0.29) is 12.2 Å². The number of rotatable bonds is 6. The number of benzene rings is 2. The molecule has 2 N–H and O–H groups in total. The minimum absolute atomic E-state index is 0.0469. The summed E-state index contributed by atoms with van der Waals surface area (Å²) >= 11 is 0. The first-order chi connectivity index (χ1) is 13.0. The molecule has 0 spiro atoms. The van der Waals surface area contributed by atoms with Gasteiger partial charge >= 0.3 is 0 Å². The van der Waals surface area contributed by atoms with Crippen LogP contribution in [0.5, 0.6) is 5.75 Å². The number of aliphatic hydroxyl groups excluding tert-OH is 1. The molecule has 0 aliphatic rings. The Kier molecular flexibility index (Phi) is 5.52. The first-order valence-electron chi connectivity index (χ1n) is 8.58. The number of amides is 1. The molecule has 3 aromatic rings. The summed E-state index contributed by atoms with van der Waals surface area (Å²) in [5, 5.41) is 16.6. The lowest BCUT2D eigenvalue weighted by atomic mass is 10.1. The zero-order valence-electron chi connectivity index (χ0n) is 15.2. The lowest BCUT2D eigenvalue weighted by molar-refractivity contribution is 0.0916. The van der Waals surface area contributed by atoms with Crippen LogP contribution in [0.15, 0.2) is 53.3 Å². The SMILES string of the molecule is COc1ccc(Cn2nc(C(=O)NC[C@H](C)O)c(=O)c3ccccc32)cc1. The van der Waals surface area contributed by atoms with E-state index >= 15 is 0 Å². The zero-order valence-corrected chi connectivity index (χ0v) is 15.2. The number of carbonyl (C=O) groups excluding carboxylic acids is 1. The van der Waals surface area contributed by atoms with Crippen molar-refractivity contribution in [1.82, 2.24) is 15.1 Å². The van der Waals surface area contributed by atoms with Crippen molar-refractivity contribution >= 4 is 16.8 Å². The smallest absolute Gasteiger partial charge is 0.275 e. The van der Waals surface area contributed by atoms with E-state index in [1.807, 2.05) is 30.3 Å². The fourth-order valence-corrected chi connectivity index (χ4v) is 2.74. The van der Waals surface area contributed by atoms with Crippen molar-refractivity contribution in [2.24, 2.45) is 0 Å². The van der Waals surface area contributed by atoms with E-state index < -0.39 is 17.4 Å². The fourth-order valence-electron chi connectivity index (χ4n) is 2.74. The van der Waals surface area contributed by atoms with Crippen LogP contribution in [-0.4, -0.2) is 40.6 Å². The van der Waals surface area contributed by atoms with Crippen LogP contribution in [0.25, 0.3) is 10.9 Å². The second-order valence-electron chi connectivity index (χ2n) is 6.26. The van der Waals surface area contributed by atoms with Gasteiger partial charge in [-0.2, -0.15) is 5.10 Å². The van der Waals surface area contributed by atoms with Gasteiger partial charge in [-0.25, -0.2) is 0 Å². The van der Waals surface area contributed by atoms with E-state index in [4.69, 9.17) is 4.74 Å². The molecule has 1 heterocycles. The minimum Gasteiger partial charge on any atom is -0.497 e. The van der Waals surface area contributed by atoms with Gasteiger partial charge in [0.15, 0.2) is 5.69 Å². The molecule has 1 aromatic heterocycles. The number of aliphatic hydroxyl groups is 1. The van der Waals surface area contributed by atoms with Gasteiger partial charge in [0.05, 0.1) is 25.3 Å². The van der Waals surface area contributed by atoms with Crippen LogP contribution in [0.4, 0.5) is 0 Å². The number of nitrogens with zero attached hydrogens (tertiary/aromatic N) is 2. The fraction of sp³-hybridized carbons (Fsp3) is 0.250. The van der Waals surface area contributed by atoms with E-state index in [9.17, 15) is 14.7 Å². The lowest BCUT2D eigenvalue weighted by Crippen LogP contribution is -2.35. The van der Waals surface area contributed by atoms with Crippen LogP contribution in [0.1, 0.15) is 23.0 Å². The maximum absolute atomic E-state index is 12.7. The molecule has 3 rings (SSSR count). The average Bonchev–Trinajstić information content (AvgIpc) is 2.69. The van der Waals surface area contributed by atoms with Crippen molar-refractivity contribution in [2.45, 2.75) is 19.6 Å². The summed E-state index contributed by atoms with van der Waals surface area (Å²) < 4.78 is 6.80. The highest BCUT2D eigenvalue weighted by Crippen LogP contribution is 2.15. The van der Waals surface area contributed by atoms with Gasteiger partial charge in [0.25, 0.3) is 5.91 Å². The minimum atomic E-state index is -0.712. The highest BCUT2D eigenvalue weighted by atomic mass is 16.5. The highest BCUT2D eigenvalue weighted by Gasteiger charge is 2.17. The zero-order chi connectivity index (χ0) is 19.4. The van der Waals surface area contributed by atoms with Crippen LogP contribution in [0.3, 0.4) is 0 Å². The Balaban J connectivity index is 2.03. The summed E-state index contributed by atoms with van der Waals surface area (Å²) in [7, 11) is 1.60. The molecule has 7 nitrogen and oxygen atoms in total. The number of fused-ring (bicyclic) bond motifs is 1. The second-order valence-corrected chi connectivity index (χ2v) is 6.26. The van der Waals surface area contributed by atoms with Crippen molar-refractivity contribution < 1.29 is 14.6 Å². The Morgan fingerprint density at radius 1 is 1.22 bits per heavy atom. The van der Waals surface area contributed by atoms with Gasteiger partial charge < -0.3 is 15.2 Å². The topological polar surface area (TPSA) is 93.5 Å². The highest BCUT2D eigenvalue weighted by molar-refractivity contribution is 5.95. The van der Waals surface area contributed by atoms with Gasteiger partial charge in [-0.1, -0.05) is 24.3 Å². The van der Waals surface area contributed by atoms with Crippen molar-refractivity contribution in [3.63, 3.8) is 0 Å². The summed E-state index contributed by atoms with van der Waals surface area (Å²) in [6, 6.07) is 14.5. The third-order valence-electron chi connectivity index (χ3n) is 4.13. The average molecular weight is 367 g/mol. The standard InChI is InChI=1S/C20H21N3O4/c1-13(24)11-21-20(26)18-19(25)16-5-3-4-6-17(16)23(22-18)12-14-7-9-15(27-2)10-8-14/h3-10,13,24H,11-12H2,1-2H3,(H,21,26)/t13-/m0/s1. The number of nitrogens with one attached hydrogen (secondary N) is 1. The van der Waals surface area contributed by atoms with Crippen LogP contribution in [0.2, 0.25) is 0 Å². The van der Waals surface area contributed by atoms with Gasteiger partial charge in [0, 0.05) is 11.9 Å². The molecule has 1 atom stereocenters.